The number of hydrogen-bond donors (Lipinski definition) is 1. The van der Waals surface area contributed by atoms with E-state index in [0.717, 1.165) is 0 Å². The van der Waals surface area contributed by atoms with Crippen molar-refractivity contribution in [1.29, 1.82) is 0 Å². The maximum Gasteiger partial charge on any atom is 0.339 e. The first-order valence-corrected chi connectivity index (χ1v) is 4.14. The number of carbonyl (C=O) groups excluding carboxylic acids is 1. The molecule has 0 atom stereocenters. The Morgan fingerprint density at radius 1 is 1.73 bits per heavy atom. The number of aliphatic hydroxyl groups excluding tert-OH is 1. The molecule has 0 aromatic rings. The number of hydrogen-bond acceptors (Lipinski definition) is 4. The minimum absolute atomic E-state index is 0.108. The zero-order valence-electron chi connectivity index (χ0n) is 6.29. The summed E-state index contributed by atoms with van der Waals surface area (Å²) in [6.07, 6.45) is 0.409. The smallest absolute Gasteiger partial charge is 0.339 e. The van der Waals surface area contributed by atoms with Crippen molar-refractivity contribution in [3.63, 3.8) is 0 Å². The lowest BCUT2D eigenvalue weighted by molar-refractivity contribution is -0.141. The molecule has 0 saturated heterocycles. The van der Waals surface area contributed by atoms with Crippen molar-refractivity contribution in [2.75, 3.05) is 13.2 Å². The summed E-state index contributed by atoms with van der Waals surface area (Å²) in [5.74, 6) is -0.346. The number of cyclic esters (lactones) is 1. The topological polar surface area (TPSA) is 55.8 Å². The fraction of sp³-hybridized carbons (Fsp3) is 0.500. The van der Waals surface area contributed by atoms with Gasteiger partial charge in [0.2, 0.25) is 0 Å². The second-order valence-corrected chi connectivity index (χ2v) is 2.82. The van der Waals surface area contributed by atoms with Crippen molar-refractivity contribution in [1.82, 2.24) is 0 Å². The van der Waals surface area contributed by atoms with Crippen LogP contribution in [-0.2, 0) is 14.0 Å². The van der Waals surface area contributed by atoms with Crippen molar-refractivity contribution in [3.8, 4) is 0 Å². The molecule has 1 rings (SSSR count). The summed E-state index contributed by atoms with van der Waals surface area (Å²) in [4.78, 5) is 10.9. The van der Waals surface area contributed by atoms with Gasteiger partial charge in [-0.3, -0.25) is 0 Å². The van der Waals surface area contributed by atoms with E-state index in [1.807, 2.05) is 0 Å². The van der Waals surface area contributed by atoms with E-state index >= 15 is 0 Å². The van der Waals surface area contributed by atoms with E-state index in [2.05, 4.69) is 0 Å². The SMILES string of the molecule is O=C1OCCC(O)=C1CO[SiH3]. The van der Waals surface area contributed by atoms with Crippen LogP contribution in [0, 0.1) is 0 Å². The summed E-state index contributed by atoms with van der Waals surface area (Å²) in [7, 11) is 0.552. The Bertz CT molecular complexity index is 199. The van der Waals surface area contributed by atoms with Crippen LogP contribution in [0.3, 0.4) is 0 Å². The first-order chi connectivity index (χ1) is 5.25. The van der Waals surface area contributed by atoms with E-state index in [1.165, 1.54) is 0 Å². The van der Waals surface area contributed by atoms with E-state index in [4.69, 9.17) is 9.16 Å². The maximum absolute atomic E-state index is 10.9. The second-order valence-electron chi connectivity index (χ2n) is 2.24. The van der Waals surface area contributed by atoms with E-state index in [9.17, 15) is 9.90 Å². The van der Waals surface area contributed by atoms with Crippen LogP contribution in [0.5, 0.6) is 0 Å². The van der Waals surface area contributed by atoms with Gasteiger partial charge >= 0.3 is 5.97 Å². The van der Waals surface area contributed by atoms with Crippen LogP contribution in [0.15, 0.2) is 11.3 Å². The lowest BCUT2D eigenvalue weighted by atomic mass is 10.2. The zero-order valence-corrected chi connectivity index (χ0v) is 8.29. The largest absolute Gasteiger partial charge is 0.512 e. The zero-order chi connectivity index (χ0) is 8.27. The highest BCUT2D eigenvalue weighted by Crippen LogP contribution is 2.13. The van der Waals surface area contributed by atoms with E-state index in [0.29, 0.717) is 16.9 Å². The van der Waals surface area contributed by atoms with Crippen LogP contribution in [0.25, 0.3) is 0 Å². The lowest BCUT2D eigenvalue weighted by Crippen LogP contribution is -2.20. The third kappa shape index (κ3) is 1.81. The Morgan fingerprint density at radius 2 is 2.45 bits per heavy atom. The molecule has 1 heterocycles. The minimum atomic E-state index is -0.454. The van der Waals surface area contributed by atoms with E-state index < -0.39 is 5.97 Å². The molecule has 4 nitrogen and oxygen atoms in total. The van der Waals surface area contributed by atoms with Gasteiger partial charge in [0, 0.05) is 6.42 Å². The minimum Gasteiger partial charge on any atom is -0.512 e. The van der Waals surface area contributed by atoms with Crippen molar-refractivity contribution < 1.29 is 19.1 Å². The Labute approximate surface area is 67.3 Å². The van der Waals surface area contributed by atoms with Crippen LogP contribution < -0.4 is 0 Å². The monoisotopic (exact) mass is 174 g/mol. The molecule has 0 aromatic carbocycles. The molecule has 0 saturated carbocycles. The number of rotatable bonds is 2. The molecular formula is C6H10O4Si. The molecule has 0 aromatic heterocycles. The normalized spacial score (nSPS) is 18.7. The molecule has 0 fully saturated rings. The molecule has 0 bridgehead atoms. The van der Waals surface area contributed by atoms with Crippen molar-refractivity contribution in [2.45, 2.75) is 6.42 Å². The molecule has 0 aliphatic carbocycles. The average Bonchev–Trinajstić information content (AvgIpc) is 1.97. The Hall–Kier alpha value is -0.813. The van der Waals surface area contributed by atoms with Gasteiger partial charge in [-0.15, -0.1) is 0 Å². The van der Waals surface area contributed by atoms with Gasteiger partial charge in [-0.2, -0.15) is 0 Å². The molecule has 11 heavy (non-hydrogen) atoms. The lowest BCUT2D eigenvalue weighted by Gasteiger charge is -2.14. The molecule has 0 unspecified atom stereocenters. The fourth-order valence-corrected chi connectivity index (χ4v) is 1.17. The van der Waals surface area contributed by atoms with Gasteiger partial charge in [0.25, 0.3) is 0 Å². The Morgan fingerprint density at radius 3 is 3.00 bits per heavy atom. The van der Waals surface area contributed by atoms with Gasteiger partial charge in [0.05, 0.1) is 18.8 Å². The summed E-state index contributed by atoms with van der Waals surface area (Å²) in [5.41, 5.74) is 0.270. The Kier molecular flexibility index (Phi) is 2.67. The molecule has 1 N–H and O–H groups in total. The second kappa shape index (κ2) is 3.54. The molecule has 62 valence electrons. The third-order valence-electron chi connectivity index (χ3n) is 1.46. The van der Waals surface area contributed by atoms with Gasteiger partial charge in [-0.1, -0.05) is 0 Å². The summed E-state index contributed by atoms with van der Waals surface area (Å²) in [6.45, 7) is 0.451. The predicted molar refractivity (Wildman–Crippen MR) is 41.1 cm³/mol. The fourth-order valence-electron chi connectivity index (χ4n) is 0.883. The summed E-state index contributed by atoms with van der Waals surface area (Å²) >= 11 is 0. The maximum atomic E-state index is 10.9. The molecule has 0 amide bonds. The highest BCUT2D eigenvalue weighted by molar-refractivity contribution is 5.99. The number of carbonyl (C=O) groups is 1. The van der Waals surface area contributed by atoms with Gasteiger partial charge in [0.15, 0.2) is 0 Å². The molecular weight excluding hydrogens is 164 g/mol. The van der Waals surface area contributed by atoms with Gasteiger partial charge in [-0.25, -0.2) is 4.79 Å². The van der Waals surface area contributed by atoms with Crippen LogP contribution in [-0.4, -0.2) is 34.8 Å². The molecule has 5 heteroatoms. The van der Waals surface area contributed by atoms with E-state index in [1.54, 1.807) is 0 Å². The van der Waals surface area contributed by atoms with Crippen LogP contribution in [0.2, 0.25) is 0 Å². The first-order valence-electron chi connectivity index (χ1n) is 3.32. The van der Waals surface area contributed by atoms with Crippen LogP contribution in [0.4, 0.5) is 0 Å². The molecule has 0 radical (unpaired) electrons. The van der Waals surface area contributed by atoms with E-state index in [-0.39, 0.29) is 24.5 Å². The van der Waals surface area contributed by atoms with Crippen molar-refractivity contribution in [3.05, 3.63) is 11.3 Å². The highest BCUT2D eigenvalue weighted by atomic mass is 28.2. The van der Waals surface area contributed by atoms with Crippen LogP contribution in [0.1, 0.15) is 6.42 Å². The van der Waals surface area contributed by atoms with Crippen molar-refractivity contribution in [2.24, 2.45) is 0 Å². The molecule has 1 aliphatic rings. The standard InChI is InChI=1S/C6H10O4Si/c7-5-1-2-9-6(8)4(5)3-10-11/h7H,1-3H2,11H3. The quantitative estimate of drug-likeness (QED) is 0.433. The molecule has 1 aliphatic heterocycles. The Balaban J connectivity index is 2.74. The number of aliphatic hydroxyl groups is 1. The summed E-state index contributed by atoms with van der Waals surface area (Å²) in [6, 6.07) is 0. The third-order valence-corrected chi connectivity index (χ3v) is 1.74. The summed E-state index contributed by atoms with van der Waals surface area (Å²) < 4.78 is 9.53. The van der Waals surface area contributed by atoms with Gasteiger partial charge < -0.3 is 14.3 Å². The first kappa shape index (κ1) is 8.29. The highest BCUT2D eigenvalue weighted by Gasteiger charge is 2.20. The summed E-state index contributed by atoms with van der Waals surface area (Å²) in [5, 5.41) is 9.18. The predicted octanol–water partition coefficient (Wildman–Crippen LogP) is -0.958. The average molecular weight is 174 g/mol. The van der Waals surface area contributed by atoms with Crippen LogP contribution >= 0.6 is 0 Å². The van der Waals surface area contributed by atoms with Crippen molar-refractivity contribution >= 4 is 16.5 Å². The molecule has 0 spiro atoms. The van der Waals surface area contributed by atoms with Gasteiger partial charge in [-0.05, 0) is 0 Å². The number of ether oxygens (including phenoxy) is 1. The number of esters is 1. The van der Waals surface area contributed by atoms with Gasteiger partial charge in [0.1, 0.15) is 16.2 Å².